The number of hydrogen-bond acceptors (Lipinski definition) is 4. The van der Waals surface area contributed by atoms with Gasteiger partial charge in [0.25, 0.3) is 5.56 Å². The number of hydrogen-bond donors (Lipinski definition) is 1. The number of anilines is 1. The normalized spacial score (nSPS) is 10.8. The van der Waals surface area contributed by atoms with Gasteiger partial charge in [-0.25, -0.2) is 4.68 Å². The molecule has 108 valence electrons. The second kappa shape index (κ2) is 6.56. The second-order valence-corrected chi connectivity index (χ2v) is 4.90. The Labute approximate surface area is 122 Å². The highest BCUT2D eigenvalue weighted by atomic mass is 35.5. The largest absolute Gasteiger partial charge is 0.382 e. The topological polar surface area (TPSA) is 64.7 Å². The van der Waals surface area contributed by atoms with E-state index in [1.54, 1.807) is 12.4 Å². The third kappa shape index (κ3) is 3.19. The molecule has 6 nitrogen and oxygen atoms in total. The standard InChI is InChI=1S/C13H18ClN5O/c1-3-8-19-13(20)12(14)11(9-17-19)15-6-4-10-5-7-16-18(10)2/h5,7,9,15H,3-4,6,8H2,1-2H3. The zero-order valence-electron chi connectivity index (χ0n) is 11.6. The van der Waals surface area contributed by atoms with Crippen molar-refractivity contribution in [3.05, 3.63) is 39.5 Å². The molecule has 0 aliphatic carbocycles. The molecule has 2 aromatic rings. The molecular weight excluding hydrogens is 278 g/mol. The van der Waals surface area contributed by atoms with Crippen molar-refractivity contribution < 1.29 is 0 Å². The molecule has 1 N–H and O–H groups in total. The second-order valence-electron chi connectivity index (χ2n) is 4.52. The lowest BCUT2D eigenvalue weighted by Gasteiger charge is -2.09. The van der Waals surface area contributed by atoms with Gasteiger partial charge in [-0.15, -0.1) is 0 Å². The molecule has 0 unspecified atom stereocenters. The number of nitrogens with one attached hydrogen (secondary N) is 1. The van der Waals surface area contributed by atoms with E-state index in [1.165, 1.54) is 4.68 Å². The van der Waals surface area contributed by atoms with E-state index in [2.05, 4.69) is 15.5 Å². The van der Waals surface area contributed by atoms with E-state index in [4.69, 9.17) is 11.6 Å². The van der Waals surface area contributed by atoms with E-state index in [9.17, 15) is 4.79 Å². The molecule has 0 aliphatic heterocycles. The lowest BCUT2D eigenvalue weighted by molar-refractivity contribution is 0.568. The van der Waals surface area contributed by atoms with Crippen LogP contribution in [0.3, 0.4) is 0 Å². The van der Waals surface area contributed by atoms with Crippen molar-refractivity contribution in [1.29, 1.82) is 0 Å². The molecule has 2 heterocycles. The Hall–Kier alpha value is -1.82. The molecule has 2 rings (SSSR count). The first-order valence-corrected chi connectivity index (χ1v) is 6.97. The van der Waals surface area contributed by atoms with E-state index in [0.29, 0.717) is 18.8 Å². The average molecular weight is 296 g/mol. The van der Waals surface area contributed by atoms with Crippen LogP contribution in [0.1, 0.15) is 19.0 Å². The highest BCUT2D eigenvalue weighted by molar-refractivity contribution is 6.32. The summed E-state index contributed by atoms with van der Waals surface area (Å²) in [6.07, 6.45) is 5.00. The summed E-state index contributed by atoms with van der Waals surface area (Å²) in [7, 11) is 1.90. The van der Waals surface area contributed by atoms with E-state index in [0.717, 1.165) is 18.5 Å². The summed E-state index contributed by atoms with van der Waals surface area (Å²) in [6.45, 7) is 3.23. The van der Waals surface area contributed by atoms with Gasteiger partial charge in [0, 0.05) is 38.4 Å². The molecule has 0 bridgehead atoms. The molecule has 20 heavy (non-hydrogen) atoms. The van der Waals surface area contributed by atoms with E-state index < -0.39 is 0 Å². The van der Waals surface area contributed by atoms with E-state index >= 15 is 0 Å². The molecule has 0 saturated carbocycles. The Morgan fingerprint density at radius 1 is 1.40 bits per heavy atom. The van der Waals surface area contributed by atoms with Gasteiger partial charge < -0.3 is 5.32 Å². The molecule has 0 saturated heterocycles. The van der Waals surface area contributed by atoms with Gasteiger partial charge in [-0.2, -0.15) is 10.2 Å². The van der Waals surface area contributed by atoms with Crippen molar-refractivity contribution >= 4 is 17.3 Å². The third-order valence-corrected chi connectivity index (χ3v) is 3.40. The summed E-state index contributed by atoms with van der Waals surface area (Å²) in [5, 5.41) is 11.5. The summed E-state index contributed by atoms with van der Waals surface area (Å²) in [4.78, 5) is 11.9. The minimum atomic E-state index is -0.251. The molecular formula is C13H18ClN5O. The quantitative estimate of drug-likeness (QED) is 0.881. The fourth-order valence-electron chi connectivity index (χ4n) is 1.93. The van der Waals surface area contributed by atoms with Crippen molar-refractivity contribution in [2.24, 2.45) is 7.05 Å². The third-order valence-electron chi connectivity index (χ3n) is 3.04. The number of halogens is 1. The van der Waals surface area contributed by atoms with Crippen LogP contribution >= 0.6 is 11.6 Å². The lowest BCUT2D eigenvalue weighted by Crippen LogP contribution is -2.24. The SMILES string of the molecule is CCCn1ncc(NCCc2ccnn2C)c(Cl)c1=O. The van der Waals surface area contributed by atoms with Crippen LogP contribution in [-0.4, -0.2) is 26.1 Å². The first-order chi connectivity index (χ1) is 9.63. The molecule has 2 aromatic heterocycles. The van der Waals surface area contributed by atoms with Gasteiger partial charge in [0.15, 0.2) is 0 Å². The fourth-order valence-corrected chi connectivity index (χ4v) is 2.14. The predicted octanol–water partition coefficient (Wildman–Crippen LogP) is 1.69. The Kier molecular flexibility index (Phi) is 4.79. The van der Waals surface area contributed by atoms with Gasteiger partial charge in [-0.3, -0.25) is 9.48 Å². The van der Waals surface area contributed by atoms with Gasteiger partial charge in [-0.1, -0.05) is 18.5 Å². The van der Waals surface area contributed by atoms with Crippen LogP contribution in [-0.2, 0) is 20.0 Å². The smallest absolute Gasteiger partial charge is 0.287 e. The molecule has 0 amide bonds. The van der Waals surface area contributed by atoms with Crippen LogP contribution in [0.4, 0.5) is 5.69 Å². The Morgan fingerprint density at radius 2 is 2.20 bits per heavy atom. The van der Waals surface area contributed by atoms with Gasteiger partial charge in [0.05, 0.1) is 11.9 Å². The summed E-state index contributed by atoms with van der Waals surface area (Å²) in [5.74, 6) is 0. The summed E-state index contributed by atoms with van der Waals surface area (Å²) < 4.78 is 3.20. The van der Waals surface area contributed by atoms with Gasteiger partial charge in [0.1, 0.15) is 5.02 Å². The summed E-state index contributed by atoms with van der Waals surface area (Å²) in [5.41, 5.74) is 1.44. The first-order valence-electron chi connectivity index (χ1n) is 6.60. The zero-order chi connectivity index (χ0) is 14.5. The minimum absolute atomic E-state index is 0.193. The maximum atomic E-state index is 11.9. The molecule has 0 atom stereocenters. The first kappa shape index (κ1) is 14.6. The van der Waals surface area contributed by atoms with Crippen LogP contribution < -0.4 is 10.9 Å². The van der Waals surface area contributed by atoms with Crippen LogP contribution in [0.15, 0.2) is 23.3 Å². The highest BCUT2D eigenvalue weighted by Crippen LogP contribution is 2.15. The van der Waals surface area contributed by atoms with Crippen LogP contribution in [0.2, 0.25) is 5.02 Å². The number of rotatable bonds is 6. The van der Waals surface area contributed by atoms with Crippen molar-refractivity contribution in [2.75, 3.05) is 11.9 Å². The van der Waals surface area contributed by atoms with Crippen LogP contribution in [0, 0.1) is 0 Å². The molecule has 0 aliphatic rings. The maximum Gasteiger partial charge on any atom is 0.287 e. The van der Waals surface area contributed by atoms with Crippen LogP contribution in [0.5, 0.6) is 0 Å². The van der Waals surface area contributed by atoms with E-state index in [-0.39, 0.29) is 10.6 Å². The lowest BCUT2D eigenvalue weighted by atomic mass is 10.3. The average Bonchev–Trinajstić information content (AvgIpc) is 2.84. The maximum absolute atomic E-state index is 11.9. The molecule has 0 spiro atoms. The van der Waals surface area contributed by atoms with Gasteiger partial charge >= 0.3 is 0 Å². The van der Waals surface area contributed by atoms with E-state index in [1.807, 2.05) is 24.7 Å². The van der Waals surface area contributed by atoms with Crippen LogP contribution in [0.25, 0.3) is 0 Å². The van der Waals surface area contributed by atoms with Crippen molar-refractivity contribution in [1.82, 2.24) is 19.6 Å². The molecule has 0 fully saturated rings. The summed E-state index contributed by atoms with van der Waals surface area (Å²) >= 11 is 6.07. The number of aromatic nitrogens is 4. The van der Waals surface area contributed by atoms with Crippen molar-refractivity contribution in [3.63, 3.8) is 0 Å². The molecule has 7 heteroatoms. The van der Waals surface area contributed by atoms with Gasteiger partial charge in [-0.05, 0) is 12.5 Å². The molecule has 0 aromatic carbocycles. The Balaban J connectivity index is 2.02. The number of nitrogens with zero attached hydrogens (tertiary/aromatic N) is 4. The Morgan fingerprint density at radius 3 is 2.85 bits per heavy atom. The van der Waals surface area contributed by atoms with Crippen molar-refractivity contribution in [2.45, 2.75) is 26.3 Å². The monoisotopic (exact) mass is 295 g/mol. The zero-order valence-corrected chi connectivity index (χ0v) is 12.4. The minimum Gasteiger partial charge on any atom is -0.382 e. The Bertz CT molecular complexity index is 634. The van der Waals surface area contributed by atoms with Gasteiger partial charge in [0.2, 0.25) is 0 Å². The summed E-state index contributed by atoms with van der Waals surface area (Å²) in [6, 6.07) is 1.96. The predicted molar refractivity (Wildman–Crippen MR) is 79.2 cm³/mol. The molecule has 0 radical (unpaired) electrons. The number of aryl methyl sites for hydroxylation is 2. The fraction of sp³-hybridized carbons (Fsp3) is 0.462. The van der Waals surface area contributed by atoms with Crippen molar-refractivity contribution in [3.8, 4) is 0 Å². The highest BCUT2D eigenvalue weighted by Gasteiger charge is 2.08.